The third kappa shape index (κ3) is 4.53. The molecule has 2 N–H and O–H groups in total. The number of hydrogen-bond donors (Lipinski definition) is 2. The number of nitrogens with one attached hydrogen (secondary N) is 2. The topological polar surface area (TPSA) is 70.6 Å². The number of halogens is 1. The SMILES string of the molecule is Cc1cccc(NC(=O)C(=O)N/N=C\c2ccccc2Br)c1. The standard InChI is InChI=1S/C16H14BrN3O2/c1-11-5-4-7-13(9-11)19-15(21)16(22)20-18-10-12-6-2-3-8-14(12)17/h2-10H,1H3,(H,19,21)(H,20,22)/b18-10-. The number of aryl methyl sites for hydroxylation is 1. The summed E-state index contributed by atoms with van der Waals surface area (Å²) in [4.78, 5) is 23.4. The van der Waals surface area contributed by atoms with Gasteiger partial charge in [-0.25, -0.2) is 5.43 Å². The van der Waals surface area contributed by atoms with Crippen molar-refractivity contribution in [3.63, 3.8) is 0 Å². The van der Waals surface area contributed by atoms with Gasteiger partial charge in [0.1, 0.15) is 0 Å². The first-order valence-corrected chi connectivity index (χ1v) is 7.31. The number of benzene rings is 2. The zero-order valence-electron chi connectivity index (χ0n) is 11.8. The third-order valence-corrected chi connectivity index (χ3v) is 3.48. The number of rotatable bonds is 3. The molecule has 112 valence electrons. The zero-order chi connectivity index (χ0) is 15.9. The molecule has 5 nitrogen and oxygen atoms in total. The molecule has 0 fully saturated rings. The minimum absolute atomic E-state index is 0.565. The second kappa shape index (κ2) is 7.51. The van der Waals surface area contributed by atoms with E-state index < -0.39 is 11.8 Å². The molecule has 0 aliphatic rings. The fourth-order valence-corrected chi connectivity index (χ4v) is 2.09. The predicted molar refractivity (Wildman–Crippen MR) is 89.7 cm³/mol. The Bertz CT molecular complexity index is 729. The van der Waals surface area contributed by atoms with Crippen LogP contribution in [0.5, 0.6) is 0 Å². The van der Waals surface area contributed by atoms with E-state index in [1.165, 1.54) is 6.21 Å². The molecule has 0 unspecified atom stereocenters. The molecule has 2 amide bonds. The van der Waals surface area contributed by atoms with Gasteiger partial charge in [-0.05, 0) is 30.7 Å². The quantitative estimate of drug-likeness (QED) is 0.502. The van der Waals surface area contributed by atoms with E-state index in [9.17, 15) is 9.59 Å². The maximum absolute atomic E-state index is 11.7. The highest BCUT2D eigenvalue weighted by Gasteiger charge is 2.12. The Kier molecular flexibility index (Phi) is 5.43. The lowest BCUT2D eigenvalue weighted by molar-refractivity contribution is -0.136. The number of hydrazone groups is 1. The Morgan fingerprint density at radius 2 is 1.86 bits per heavy atom. The minimum Gasteiger partial charge on any atom is -0.318 e. The Labute approximate surface area is 136 Å². The van der Waals surface area contributed by atoms with E-state index in [1.54, 1.807) is 18.2 Å². The predicted octanol–water partition coefficient (Wildman–Crippen LogP) is 2.85. The van der Waals surface area contributed by atoms with Crippen molar-refractivity contribution in [2.24, 2.45) is 5.10 Å². The Morgan fingerprint density at radius 1 is 1.09 bits per heavy atom. The second-order valence-electron chi connectivity index (χ2n) is 4.54. The van der Waals surface area contributed by atoms with Crippen LogP contribution in [0.2, 0.25) is 0 Å². The van der Waals surface area contributed by atoms with Crippen molar-refractivity contribution in [3.8, 4) is 0 Å². The van der Waals surface area contributed by atoms with Gasteiger partial charge < -0.3 is 5.32 Å². The summed E-state index contributed by atoms with van der Waals surface area (Å²) in [5.41, 5.74) is 4.54. The molecule has 2 rings (SSSR count). The maximum atomic E-state index is 11.7. The van der Waals surface area contributed by atoms with Crippen molar-refractivity contribution in [1.82, 2.24) is 5.43 Å². The number of carbonyl (C=O) groups excluding carboxylic acids is 2. The number of carbonyl (C=O) groups is 2. The van der Waals surface area contributed by atoms with Gasteiger partial charge in [0.05, 0.1) is 6.21 Å². The molecule has 2 aromatic carbocycles. The van der Waals surface area contributed by atoms with E-state index in [2.05, 4.69) is 31.8 Å². The highest BCUT2D eigenvalue weighted by molar-refractivity contribution is 9.10. The summed E-state index contributed by atoms with van der Waals surface area (Å²) >= 11 is 3.36. The zero-order valence-corrected chi connectivity index (χ0v) is 13.4. The highest BCUT2D eigenvalue weighted by Crippen LogP contribution is 2.13. The molecule has 0 bridgehead atoms. The molecular formula is C16H14BrN3O2. The monoisotopic (exact) mass is 359 g/mol. The van der Waals surface area contributed by atoms with Crippen molar-refractivity contribution >= 4 is 39.6 Å². The fraction of sp³-hybridized carbons (Fsp3) is 0.0625. The summed E-state index contributed by atoms with van der Waals surface area (Å²) < 4.78 is 0.845. The van der Waals surface area contributed by atoms with Crippen LogP contribution < -0.4 is 10.7 Å². The van der Waals surface area contributed by atoms with E-state index in [-0.39, 0.29) is 0 Å². The Balaban J connectivity index is 1.92. The van der Waals surface area contributed by atoms with Gasteiger partial charge in [0.15, 0.2) is 0 Å². The lowest BCUT2D eigenvalue weighted by Crippen LogP contribution is -2.32. The molecule has 0 aliphatic carbocycles. The first kappa shape index (κ1) is 15.9. The number of nitrogens with zero attached hydrogens (tertiary/aromatic N) is 1. The van der Waals surface area contributed by atoms with Crippen molar-refractivity contribution in [2.75, 3.05) is 5.32 Å². The molecule has 6 heteroatoms. The maximum Gasteiger partial charge on any atom is 0.329 e. The summed E-state index contributed by atoms with van der Waals surface area (Å²) in [7, 11) is 0. The van der Waals surface area contributed by atoms with Crippen LogP contribution in [0, 0.1) is 6.92 Å². The lowest BCUT2D eigenvalue weighted by Gasteiger charge is -2.04. The van der Waals surface area contributed by atoms with Crippen molar-refractivity contribution in [2.45, 2.75) is 6.92 Å². The largest absolute Gasteiger partial charge is 0.329 e. The van der Waals surface area contributed by atoms with Crippen LogP contribution in [0.1, 0.15) is 11.1 Å². The van der Waals surface area contributed by atoms with Gasteiger partial charge in [0.2, 0.25) is 0 Å². The van der Waals surface area contributed by atoms with Gasteiger partial charge in [-0.2, -0.15) is 5.10 Å². The first-order valence-electron chi connectivity index (χ1n) is 6.52. The average molecular weight is 360 g/mol. The molecule has 0 aromatic heterocycles. The van der Waals surface area contributed by atoms with Crippen molar-refractivity contribution < 1.29 is 9.59 Å². The minimum atomic E-state index is -0.829. The van der Waals surface area contributed by atoms with Crippen molar-refractivity contribution in [1.29, 1.82) is 0 Å². The molecule has 0 heterocycles. The summed E-state index contributed by atoms with van der Waals surface area (Å²) in [6.07, 6.45) is 1.46. The molecule has 2 aromatic rings. The smallest absolute Gasteiger partial charge is 0.318 e. The second-order valence-corrected chi connectivity index (χ2v) is 5.40. The van der Waals surface area contributed by atoms with Crippen LogP contribution in [0.15, 0.2) is 58.1 Å². The van der Waals surface area contributed by atoms with E-state index in [0.29, 0.717) is 5.69 Å². The van der Waals surface area contributed by atoms with Crippen LogP contribution in [0.3, 0.4) is 0 Å². The normalized spacial score (nSPS) is 10.5. The van der Waals surface area contributed by atoms with Gasteiger partial charge in [-0.3, -0.25) is 9.59 Å². The molecule has 0 atom stereocenters. The van der Waals surface area contributed by atoms with Crippen LogP contribution >= 0.6 is 15.9 Å². The molecule has 0 saturated carbocycles. The first-order chi connectivity index (χ1) is 10.6. The number of amides is 2. The summed E-state index contributed by atoms with van der Waals surface area (Å²) in [5, 5.41) is 6.28. The van der Waals surface area contributed by atoms with Gasteiger partial charge >= 0.3 is 11.8 Å². The van der Waals surface area contributed by atoms with Gasteiger partial charge in [0, 0.05) is 15.7 Å². The van der Waals surface area contributed by atoms with E-state index in [4.69, 9.17) is 0 Å². The number of hydrogen-bond acceptors (Lipinski definition) is 3. The van der Waals surface area contributed by atoms with E-state index in [0.717, 1.165) is 15.6 Å². The van der Waals surface area contributed by atoms with Crippen LogP contribution in [-0.4, -0.2) is 18.0 Å². The molecule has 0 aliphatic heterocycles. The van der Waals surface area contributed by atoms with Crippen molar-refractivity contribution in [3.05, 3.63) is 64.1 Å². The molecule has 0 saturated heterocycles. The van der Waals surface area contributed by atoms with Gasteiger partial charge in [0.25, 0.3) is 0 Å². The molecule has 22 heavy (non-hydrogen) atoms. The van der Waals surface area contributed by atoms with Gasteiger partial charge in [-0.1, -0.05) is 46.3 Å². The molecule has 0 spiro atoms. The summed E-state index contributed by atoms with van der Waals surface area (Å²) in [5.74, 6) is -1.60. The Hall–Kier alpha value is -2.47. The van der Waals surface area contributed by atoms with E-state index in [1.807, 2.05) is 37.3 Å². The third-order valence-electron chi connectivity index (χ3n) is 2.76. The fourth-order valence-electron chi connectivity index (χ4n) is 1.70. The number of anilines is 1. The lowest BCUT2D eigenvalue weighted by atomic mass is 10.2. The van der Waals surface area contributed by atoms with E-state index >= 15 is 0 Å². The Morgan fingerprint density at radius 3 is 2.59 bits per heavy atom. The molecule has 0 radical (unpaired) electrons. The van der Waals surface area contributed by atoms with Crippen LogP contribution in [-0.2, 0) is 9.59 Å². The highest BCUT2D eigenvalue weighted by atomic mass is 79.9. The van der Waals surface area contributed by atoms with Gasteiger partial charge in [-0.15, -0.1) is 0 Å². The van der Waals surface area contributed by atoms with Crippen LogP contribution in [0.4, 0.5) is 5.69 Å². The summed E-state index contributed by atoms with van der Waals surface area (Å²) in [6.45, 7) is 1.90. The summed E-state index contributed by atoms with van der Waals surface area (Å²) in [6, 6.07) is 14.6. The average Bonchev–Trinajstić information content (AvgIpc) is 2.49. The van der Waals surface area contributed by atoms with Crippen LogP contribution in [0.25, 0.3) is 0 Å². The molecular weight excluding hydrogens is 346 g/mol.